The highest BCUT2D eigenvalue weighted by Gasteiger charge is 2.35. The van der Waals surface area contributed by atoms with Crippen LogP contribution in [0.4, 0.5) is 11.4 Å². The zero-order chi connectivity index (χ0) is 24.4. The van der Waals surface area contributed by atoms with E-state index >= 15 is 0 Å². The van der Waals surface area contributed by atoms with E-state index in [1.165, 1.54) is 12.3 Å². The SMILES string of the molecule is O=C(CN1c2ccccc2-c2ccccc2S1(=O)=O)Nc1ccccc1C(=O)NCc1ccco1. The zero-order valence-electron chi connectivity index (χ0n) is 18.5. The third-order valence-corrected chi connectivity index (χ3v) is 7.47. The Hall–Kier alpha value is -4.37. The molecule has 1 aliphatic rings. The van der Waals surface area contributed by atoms with Gasteiger partial charge in [0.2, 0.25) is 5.91 Å². The lowest BCUT2D eigenvalue weighted by Crippen LogP contribution is -2.40. The molecule has 2 heterocycles. The van der Waals surface area contributed by atoms with E-state index in [2.05, 4.69) is 10.6 Å². The molecular weight excluding hydrogens is 466 g/mol. The van der Waals surface area contributed by atoms with Crippen LogP contribution >= 0.6 is 0 Å². The number of nitrogens with zero attached hydrogens (tertiary/aromatic N) is 1. The summed E-state index contributed by atoms with van der Waals surface area (Å²) in [6.07, 6.45) is 1.51. The number of amides is 2. The van der Waals surface area contributed by atoms with Gasteiger partial charge in [0.25, 0.3) is 15.9 Å². The third-order valence-electron chi connectivity index (χ3n) is 5.65. The van der Waals surface area contributed by atoms with E-state index in [9.17, 15) is 18.0 Å². The Morgan fingerprint density at radius 1 is 0.829 bits per heavy atom. The van der Waals surface area contributed by atoms with Crippen LogP contribution < -0.4 is 14.9 Å². The molecule has 0 atom stereocenters. The predicted molar refractivity (Wildman–Crippen MR) is 131 cm³/mol. The maximum Gasteiger partial charge on any atom is 0.265 e. The minimum absolute atomic E-state index is 0.143. The van der Waals surface area contributed by atoms with Gasteiger partial charge in [0.1, 0.15) is 12.3 Å². The first-order chi connectivity index (χ1) is 16.9. The van der Waals surface area contributed by atoms with Crippen LogP contribution in [0.3, 0.4) is 0 Å². The molecule has 0 unspecified atom stereocenters. The van der Waals surface area contributed by atoms with E-state index in [4.69, 9.17) is 4.42 Å². The molecule has 4 aromatic rings. The number of rotatable bonds is 6. The highest BCUT2D eigenvalue weighted by molar-refractivity contribution is 7.93. The highest BCUT2D eigenvalue weighted by Crippen LogP contribution is 2.42. The number of benzene rings is 3. The number of hydrogen-bond acceptors (Lipinski definition) is 5. The van der Waals surface area contributed by atoms with Crippen LogP contribution in [0.25, 0.3) is 11.1 Å². The van der Waals surface area contributed by atoms with Crippen molar-refractivity contribution in [3.05, 3.63) is 103 Å². The van der Waals surface area contributed by atoms with Crippen LogP contribution in [0.2, 0.25) is 0 Å². The van der Waals surface area contributed by atoms with Gasteiger partial charge in [0.05, 0.1) is 34.6 Å². The second-order valence-electron chi connectivity index (χ2n) is 7.88. The molecule has 0 saturated carbocycles. The Balaban J connectivity index is 1.38. The summed E-state index contributed by atoms with van der Waals surface area (Å²) in [4.78, 5) is 25.9. The molecule has 5 rings (SSSR count). The van der Waals surface area contributed by atoms with Gasteiger partial charge in [-0.1, -0.05) is 48.5 Å². The van der Waals surface area contributed by atoms with Crippen LogP contribution in [-0.4, -0.2) is 26.8 Å². The summed E-state index contributed by atoms with van der Waals surface area (Å²) in [6.45, 7) is -0.258. The summed E-state index contributed by atoms with van der Waals surface area (Å²) in [5, 5.41) is 5.44. The fourth-order valence-electron chi connectivity index (χ4n) is 4.04. The largest absolute Gasteiger partial charge is 0.467 e. The lowest BCUT2D eigenvalue weighted by atomic mass is 10.0. The number of nitrogens with one attached hydrogen (secondary N) is 2. The Morgan fingerprint density at radius 2 is 1.54 bits per heavy atom. The molecule has 35 heavy (non-hydrogen) atoms. The van der Waals surface area contributed by atoms with Crippen molar-refractivity contribution in [2.45, 2.75) is 11.4 Å². The monoisotopic (exact) mass is 487 g/mol. The maximum atomic E-state index is 13.4. The molecule has 3 aromatic carbocycles. The lowest BCUT2D eigenvalue weighted by molar-refractivity contribution is -0.114. The molecule has 0 aliphatic carbocycles. The van der Waals surface area contributed by atoms with Gasteiger partial charge in [-0.25, -0.2) is 8.42 Å². The number of para-hydroxylation sites is 2. The molecule has 0 fully saturated rings. The molecular formula is C26H21N3O5S. The number of sulfonamides is 1. The van der Waals surface area contributed by atoms with Gasteiger partial charge in [-0.15, -0.1) is 0 Å². The Morgan fingerprint density at radius 3 is 2.34 bits per heavy atom. The van der Waals surface area contributed by atoms with Crippen molar-refractivity contribution in [2.75, 3.05) is 16.2 Å². The van der Waals surface area contributed by atoms with Crippen LogP contribution in [-0.2, 0) is 21.4 Å². The van der Waals surface area contributed by atoms with E-state index in [-0.39, 0.29) is 22.7 Å². The number of hydrogen-bond donors (Lipinski definition) is 2. The predicted octanol–water partition coefficient (Wildman–Crippen LogP) is 4.02. The number of carbonyl (C=O) groups excluding carboxylic acids is 2. The summed E-state index contributed by atoms with van der Waals surface area (Å²) in [7, 11) is -3.96. The minimum Gasteiger partial charge on any atom is -0.467 e. The molecule has 0 bridgehead atoms. The maximum absolute atomic E-state index is 13.4. The average Bonchev–Trinajstić information content (AvgIpc) is 3.39. The van der Waals surface area contributed by atoms with Gasteiger partial charge in [-0.05, 0) is 36.4 Å². The Labute approximate surface area is 202 Å². The van der Waals surface area contributed by atoms with E-state index < -0.39 is 28.4 Å². The van der Waals surface area contributed by atoms with Crippen LogP contribution in [0.15, 0.2) is 101 Å². The van der Waals surface area contributed by atoms with Gasteiger partial charge >= 0.3 is 0 Å². The van der Waals surface area contributed by atoms with E-state index in [0.29, 0.717) is 17.0 Å². The van der Waals surface area contributed by atoms with Crippen molar-refractivity contribution < 1.29 is 22.4 Å². The number of carbonyl (C=O) groups is 2. The summed E-state index contributed by atoms with van der Waals surface area (Å²) in [5.74, 6) is -0.384. The highest BCUT2D eigenvalue weighted by atomic mass is 32.2. The van der Waals surface area contributed by atoms with Gasteiger partial charge in [-0.3, -0.25) is 13.9 Å². The standard InChI is InChI=1S/C26H21N3O5S/c30-25(28-22-12-4-1-11-21(22)26(31)27-16-18-8-7-15-34-18)17-29-23-13-5-2-9-19(23)20-10-3-6-14-24(20)35(29,32)33/h1-15H,16-17H2,(H,27,31)(H,28,30). The molecule has 0 saturated heterocycles. The molecule has 2 amide bonds. The first kappa shape index (κ1) is 22.4. The topological polar surface area (TPSA) is 109 Å². The average molecular weight is 488 g/mol. The first-order valence-electron chi connectivity index (χ1n) is 10.9. The molecule has 176 valence electrons. The van der Waals surface area contributed by atoms with E-state index in [0.717, 1.165) is 9.87 Å². The second-order valence-corrected chi connectivity index (χ2v) is 9.71. The smallest absolute Gasteiger partial charge is 0.265 e. The van der Waals surface area contributed by atoms with Crippen molar-refractivity contribution in [2.24, 2.45) is 0 Å². The van der Waals surface area contributed by atoms with Crippen molar-refractivity contribution >= 4 is 33.2 Å². The molecule has 0 radical (unpaired) electrons. The second kappa shape index (κ2) is 9.11. The van der Waals surface area contributed by atoms with Gasteiger partial charge in [-0.2, -0.15) is 0 Å². The minimum atomic E-state index is -3.96. The quantitative estimate of drug-likeness (QED) is 0.427. The number of furan rings is 1. The van der Waals surface area contributed by atoms with Crippen molar-refractivity contribution in [1.82, 2.24) is 5.32 Å². The van der Waals surface area contributed by atoms with Crippen molar-refractivity contribution in [3.63, 3.8) is 0 Å². The van der Waals surface area contributed by atoms with E-state index in [1.807, 2.05) is 12.1 Å². The molecule has 1 aliphatic heterocycles. The van der Waals surface area contributed by atoms with Crippen molar-refractivity contribution in [1.29, 1.82) is 0 Å². The summed E-state index contributed by atoms with van der Waals surface area (Å²) in [5.41, 5.74) is 2.27. The fraction of sp³-hybridized carbons (Fsp3) is 0.0769. The van der Waals surface area contributed by atoms with Crippen LogP contribution in [0, 0.1) is 0 Å². The van der Waals surface area contributed by atoms with Crippen LogP contribution in [0.1, 0.15) is 16.1 Å². The summed E-state index contributed by atoms with van der Waals surface area (Å²) in [6, 6.07) is 23.8. The molecule has 1 aromatic heterocycles. The molecule has 8 nitrogen and oxygen atoms in total. The molecule has 9 heteroatoms. The van der Waals surface area contributed by atoms with Crippen LogP contribution in [0.5, 0.6) is 0 Å². The lowest BCUT2D eigenvalue weighted by Gasteiger charge is -2.31. The number of anilines is 2. The number of fused-ring (bicyclic) bond motifs is 3. The fourth-order valence-corrected chi connectivity index (χ4v) is 5.69. The normalized spacial score (nSPS) is 13.4. The molecule has 2 N–H and O–H groups in total. The Bertz CT molecular complexity index is 1510. The van der Waals surface area contributed by atoms with E-state index in [1.54, 1.807) is 66.7 Å². The third kappa shape index (κ3) is 4.29. The molecule has 0 spiro atoms. The zero-order valence-corrected chi connectivity index (χ0v) is 19.3. The van der Waals surface area contributed by atoms with Crippen molar-refractivity contribution in [3.8, 4) is 11.1 Å². The first-order valence-corrected chi connectivity index (χ1v) is 12.3. The Kier molecular flexibility index (Phi) is 5.84. The summed E-state index contributed by atoms with van der Waals surface area (Å²) >= 11 is 0. The van der Waals surface area contributed by atoms with Gasteiger partial charge < -0.3 is 15.1 Å². The van der Waals surface area contributed by atoms with Gasteiger partial charge in [0.15, 0.2) is 0 Å². The summed E-state index contributed by atoms with van der Waals surface area (Å²) < 4.78 is 33.1. The van der Waals surface area contributed by atoms with Gasteiger partial charge in [0, 0.05) is 11.1 Å².